The number of ether oxygens (including phenoxy) is 2. The highest BCUT2D eigenvalue weighted by atomic mass is 19.1. The molecule has 0 unspecified atom stereocenters. The summed E-state index contributed by atoms with van der Waals surface area (Å²) in [5.41, 5.74) is 1.23. The fraction of sp³-hybridized carbons (Fsp3) is 0.333. The molecular weight excluding hydrogens is 363 g/mol. The summed E-state index contributed by atoms with van der Waals surface area (Å²) in [6.45, 7) is 3.30. The molecule has 2 aromatic rings. The molecule has 0 aromatic heterocycles. The largest absolute Gasteiger partial charge is 0.497 e. The molecule has 1 fully saturated rings. The van der Waals surface area contributed by atoms with Gasteiger partial charge < -0.3 is 19.3 Å². The Morgan fingerprint density at radius 2 is 1.68 bits per heavy atom. The highest BCUT2D eigenvalue weighted by Gasteiger charge is 2.26. The van der Waals surface area contributed by atoms with E-state index in [4.69, 9.17) is 9.47 Å². The molecule has 7 heteroatoms. The van der Waals surface area contributed by atoms with Gasteiger partial charge in [-0.15, -0.1) is 0 Å². The fourth-order valence-corrected chi connectivity index (χ4v) is 3.28. The second kappa shape index (κ2) is 8.29. The van der Waals surface area contributed by atoms with Crippen molar-refractivity contribution in [2.75, 3.05) is 45.3 Å². The molecular formula is C21H23FN2O4. The molecule has 0 N–H and O–H groups in total. The van der Waals surface area contributed by atoms with Crippen LogP contribution >= 0.6 is 0 Å². The predicted molar refractivity (Wildman–Crippen MR) is 104 cm³/mol. The molecule has 28 heavy (non-hydrogen) atoms. The van der Waals surface area contributed by atoms with Crippen molar-refractivity contribution in [3.8, 4) is 11.5 Å². The Kier molecular flexibility index (Phi) is 5.82. The number of carbonyl (C=O) groups excluding carboxylic acids is 2. The molecule has 0 atom stereocenters. The number of anilines is 1. The summed E-state index contributed by atoms with van der Waals surface area (Å²) >= 11 is 0. The van der Waals surface area contributed by atoms with Gasteiger partial charge in [-0.25, -0.2) is 4.39 Å². The van der Waals surface area contributed by atoms with E-state index in [9.17, 15) is 14.0 Å². The second-order valence-electron chi connectivity index (χ2n) is 6.57. The summed E-state index contributed by atoms with van der Waals surface area (Å²) in [7, 11) is 3.06. The Labute approximate surface area is 163 Å². The zero-order valence-corrected chi connectivity index (χ0v) is 16.2. The number of amides is 1. The second-order valence-corrected chi connectivity index (χ2v) is 6.57. The number of nitrogens with zero attached hydrogens (tertiary/aromatic N) is 2. The van der Waals surface area contributed by atoms with E-state index >= 15 is 0 Å². The number of methoxy groups -OCH3 is 2. The van der Waals surface area contributed by atoms with Gasteiger partial charge in [-0.05, 0) is 43.3 Å². The van der Waals surface area contributed by atoms with E-state index in [1.807, 2.05) is 4.90 Å². The molecule has 0 bridgehead atoms. The number of ketones is 1. The highest BCUT2D eigenvalue weighted by molar-refractivity contribution is 5.97. The Bertz CT molecular complexity index is 892. The Morgan fingerprint density at radius 3 is 2.25 bits per heavy atom. The van der Waals surface area contributed by atoms with Crippen molar-refractivity contribution in [3.05, 3.63) is 53.3 Å². The fourth-order valence-electron chi connectivity index (χ4n) is 3.28. The van der Waals surface area contributed by atoms with Gasteiger partial charge in [-0.2, -0.15) is 0 Å². The van der Waals surface area contributed by atoms with Gasteiger partial charge in [0.15, 0.2) is 5.78 Å². The SMILES string of the molecule is COc1ccc(OC)c(C(=O)N2CCN(c3ccc(C(C)=O)cc3F)CC2)c1. The summed E-state index contributed by atoms with van der Waals surface area (Å²) in [5, 5.41) is 0. The molecule has 1 amide bonds. The number of Topliss-reactive ketones (excluding diaryl/α,β-unsaturated/α-hetero) is 1. The van der Waals surface area contributed by atoms with Crippen LogP contribution in [-0.4, -0.2) is 57.0 Å². The molecule has 6 nitrogen and oxygen atoms in total. The number of hydrogen-bond donors (Lipinski definition) is 0. The number of carbonyl (C=O) groups is 2. The summed E-state index contributed by atoms with van der Waals surface area (Å²) in [4.78, 5) is 27.9. The van der Waals surface area contributed by atoms with Crippen LogP contribution in [-0.2, 0) is 0 Å². The maximum atomic E-state index is 14.4. The number of hydrogen-bond acceptors (Lipinski definition) is 5. The third-order valence-electron chi connectivity index (χ3n) is 4.90. The van der Waals surface area contributed by atoms with E-state index in [-0.39, 0.29) is 11.7 Å². The maximum absolute atomic E-state index is 14.4. The first-order chi connectivity index (χ1) is 13.4. The number of piperazine rings is 1. The van der Waals surface area contributed by atoms with Crippen LogP contribution in [0.1, 0.15) is 27.6 Å². The van der Waals surface area contributed by atoms with Crippen molar-refractivity contribution in [3.63, 3.8) is 0 Å². The first-order valence-electron chi connectivity index (χ1n) is 9.01. The minimum absolute atomic E-state index is 0.150. The van der Waals surface area contributed by atoms with Crippen LogP contribution in [0.2, 0.25) is 0 Å². The van der Waals surface area contributed by atoms with E-state index in [0.717, 1.165) is 0 Å². The van der Waals surface area contributed by atoms with Crippen molar-refractivity contribution >= 4 is 17.4 Å². The Morgan fingerprint density at radius 1 is 0.964 bits per heavy atom. The molecule has 1 aliphatic rings. The van der Waals surface area contributed by atoms with Crippen LogP contribution < -0.4 is 14.4 Å². The molecule has 0 saturated carbocycles. The number of benzene rings is 2. The lowest BCUT2D eigenvalue weighted by molar-refractivity contribution is 0.0742. The summed E-state index contributed by atoms with van der Waals surface area (Å²) in [5.74, 6) is 0.312. The third kappa shape index (κ3) is 3.93. The first-order valence-corrected chi connectivity index (χ1v) is 9.01. The van der Waals surface area contributed by atoms with Crippen LogP contribution in [0, 0.1) is 5.82 Å². The van der Waals surface area contributed by atoms with E-state index in [2.05, 4.69) is 0 Å². The van der Waals surface area contributed by atoms with Gasteiger partial charge in [-0.1, -0.05) is 0 Å². The molecule has 148 valence electrons. The van der Waals surface area contributed by atoms with Gasteiger partial charge in [-0.3, -0.25) is 9.59 Å². The lowest BCUT2D eigenvalue weighted by Crippen LogP contribution is -2.49. The molecule has 1 aliphatic heterocycles. The Hall–Kier alpha value is -3.09. The average Bonchev–Trinajstić information content (AvgIpc) is 2.72. The topological polar surface area (TPSA) is 59.1 Å². The van der Waals surface area contributed by atoms with Gasteiger partial charge in [0.2, 0.25) is 0 Å². The molecule has 3 rings (SSSR count). The van der Waals surface area contributed by atoms with Crippen molar-refractivity contribution in [2.45, 2.75) is 6.92 Å². The smallest absolute Gasteiger partial charge is 0.257 e. The molecule has 2 aromatic carbocycles. The van der Waals surface area contributed by atoms with Crippen LogP contribution in [0.3, 0.4) is 0 Å². The van der Waals surface area contributed by atoms with Gasteiger partial charge in [0.25, 0.3) is 5.91 Å². The van der Waals surface area contributed by atoms with Crippen molar-refractivity contribution in [1.29, 1.82) is 0 Å². The van der Waals surface area contributed by atoms with Gasteiger partial charge in [0, 0.05) is 31.7 Å². The standard InChI is InChI=1S/C21H23FN2O4/c1-14(25)15-4-6-19(18(22)12-15)23-8-10-24(11-9-23)21(26)17-13-16(27-2)5-7-20(17)28-3/h4-7,12-13H,8-11H2,1-3H3. The van der Waals surface area contributed by atoms with Crippen molar-refractivity contribution in [1.82, 2.24) is 4.90 Å². The molecule has 0 spiro atoms. The van der Waals surface area contributed by atoms with Crippen LogP contribution in [0.25, 0.3) is 0 Å². The van der Waals surface area contributed by atoms with Gasteiger partial charge >= 0.3 is 0 Å². The quantitative estimate of drug-likeness (QED) is 0.740. The minimum atomic E-state index is -0.429. The Balaban J connectivity index is 1.72. The third-order valence-corrected chi connectivity index (χ3v) is 4.90. The normalized spacial score (nSPS) is 14.0. The average molecular weight is 386 g/mol. The lowest BCUT2D eigenvalue weighted by Gasteiger charge is -2.36. The molecule has 1 saturated heterocycles. The minimum Gasteiger partial charge on any atom is -0.497 e. The summed E-state index contributed by atoms with van der Waals surface area (Å²) < 4.78 is 24.9. The molecule has 0 radical (unpaired) electrons. The molecule has 1 heterocycles. The van der Waals surface area contributed by atoms with E-state index in [0.29, 0.717) is 54.5 Å². The van der Waals surface area contributed by atoms with Crippen molar-refractivity contribution < 1.29 is 23.5 Å². The van der Waals surface area contributed by atoms with Crippen molar-refractivity contribution in [2.24, 2.45) is 0 Å². The van der Waals surface area contributed by atoms with Crippen LogP contribution in [0.4, 0.5) is 10.1 Å². The first kappa shape index (κ1) is 19.7. The number of halogens is 1. The monoisotopic (exact) mass is 386 g/mol. The lowest BCUT2D eigenvalue weighted by atomic mass is 10.1. The number of rotatable bonds is 5. The maximum Gasteiger partial charge on any atom is 0.257 e. The predicted octanol–water partition coefficient (Wildman–Crippen LogP) is 3.01. The zero-order valence-electron chi connectivity index (χ0n) is 16.2. The van der Waals surface area contributed by atoms with Gasteiger partial charge in [0.1, 0.15) is 17.3 Å². The zero-order chi connectivity index (χ0) is 20.3. The van der Waals surface area contributed by atoms with E-state index < -0.39 is 5.82 Å². The summed E-state index contributed by atoms with van der Waals surface area (Å²) in [6.07, 6.45) is 0. The summed E-state index contributed by atoms with van der Waals surface area (Å²) in [6, 6.07) is 9.60. The van der Waals surface area contributed by atoms with Crippen LogP contribution in [0.15, 0.2) is 36.4 Å². The molecule has 0 aliphatic carbocycles. The highest BCUT2D eigenvalue weighted by Crippen LogP contribution is 2.27. The van der Waals surface area contributed by atoms with E-state index in [1.165, 1.54) is 20.1 Å². The van der Waals surface area contributed by atoms with E-state index in [1.54, 1.807) is 42.3 Å². The van der Waals surface area contributed by atoms with Gasteiger partial charge in [0.05, 0.1) is 25.5 Å². The van der Waals surface area contributed by atoms with Crippen LogP contribution in [0.5, 0.6) is 11.5 Å².